The molecule has 0 saturated heterocycles. The van der Waals surface area contributed by atoms with Crippen LogP contribution in [0.15, 0.2) is 18.2 Å². The first-order valence-corrected chi connectivity index (χ1v) is 6.95. The van der Waals surface area contributed by atoms with Gasteiger partial charge in [-0.25, -0.2) is 4.79 Å². The summed E-state index contributed by atoms with van der Waals surface area (Å²) in [5.41, 5.74) is 0.161. The Hall–Kier alpha value is -1.26. The molecular formula is C14H17Cl2NO3. The molecule has 0 spiro atoms. The SMILES string of the molecule is COC(=O)C(CC(C)C)NC(=O)c1c(Cl)cccc1Cl. The van der Waals surface area contributed by atoms with E-state index in [0.29, 0.717) is 6.42 Å². The van der Waals surface area contributed by atoms with Crippen molar-refractivity contribution in [3.63, 3.8) is 0 Å². The summed E-state index contributed by atoms with van der Waals surface area (Å²) in [6.07, 6.45) is 0.473. The van der Waals surface area contributed by atoms with Crippen molar-refractivity contribution >= 4 is 35.1 Å². The number of carbonyl (C=O) groups is 2. The van der Waals surface area contributed by atoms with Crippen molar-refractivity contribution in [2.45, 2.75) is 26.3 Å². The van der Waals surface area contributed by atoms with Crippen molar-refractivity contribution in [2.75, 3.05) is 7.11 Å². The number of benzene rings is 1. The first-order valence-electron chi connectivity index (χ1n) is 6.19. The van der Waals surface area contributed by atoms with Crippen molar-refractivity contribution in [1.82, 2.24) is 5.32 Å². The number of ether oxygens (including phenoxy) is 1. The first kappa shape index (κ1) is 16.8. The molecule has 6 heteroatoms. The minimum absolute atomic E-state index is 0.161. The smallest absolute Gasteiger partial charge is 0.328 e. The highest BCUT2D eigenvalue weighted by molar-refractivity contribution is 6.39. The second-order valence-corrected chi connectivity index (χ2v) is 5.59. The third kappa shape index (κ3) is 4.39. The van der Waals surface area contributed by atoms with E-state index in [-0.39, 0.29) is 21.5 Å². The predicted octanol–water partition coefficient (Wildman–Crippen LogP) is 3.31. The van der Waals surface area contributed by atoms with Gasteiger partial charge in [0.1, 0.15) is 6.04 Å². The second kappa shape index (κ2) is 7.50. The van der Waals surface area contributed by atoms with Crippen LogP contribution < -0.4 is 5.32 Å². The Labute approximate surface area is 128 Å². The van der Waals surface area contributed by atoms with Gasteiger partial charge < -0.3 is 10.1 Å². The summed E-state index contributed by atoms with van der Waals surface area (Å²) in [7, 11) is 1.28. The molecule has 0 bridgehead atoms. The summed E-state index contributed by atoms with van der Waals surface area (Å²) < 4.78 is 4.69. The molecule has 0 heterocycles. The molecule has 4 nitrogen and oxygen atoms in total. The molecule has 1 amide bonds. The Morgan fingerprint density at radius 1 is 1.25 bits per heavy atom. The van der Waals surface area contributed by atoms with E-state index in [1.807, 2.05) is 13.8 Å². The van der Waals surface area contributed by atoms with Gasteiger partial charge in [-0.3, -0.25) is 4.79 Å². The van der Waals surface area contributed by atoms with Gasteiger partial charge >= 0.3 is 5.97 Å². The number of hydrogen-bond donors (Lipinski definition) is 1. The second-order valence-electron chi connectivity index (χ2n) is 4.78. The van der Waals surface area contributed by atoms with Gasteiger partial charge in [0.2, 0.25) is 0 Å². The highest BCUT2D eigenvalue weighted by Crippen LogP contribution is 2.24. The molecule has 0 aliphatic rings. The van der Waals surface area contributed by atoms with E-state index >= 15 is 0 Å². The largest absolute Gasteiger partial charge is 0.467 e. The van der Waals surface area contributed by atoms with Crippen LogP contribution in [0.1, 0.15) is 30.6 Å². The summed E-state index contributed by atoms with van der Waals surface area (Å²) in [5, 5.41) is 3.09. The van der Waals surface area contributed by atoms with Crippen molar-refractivity contribution < 1.29 is 14.3 Å². The monoisotopic (exact) mass is 317 g/mol. The van der Waals surface area contributed by atoms with Gasteiger partial charge in [0.05, 0.1) is 22.7 Å². The number of amides is 1. The van der Waals surface area contributed by atoms with E-state index in [0.717, 1.165) is 0 Å². The van der Waals surface area contributed by atoms with Gasteiger partial charge in [0, 0.05) is 0 Å². The maximum Gasteiger partial charge on any atom is 0.328 e. The number of carbonyl (C=O) groups excluding carboxylic acids is 2. The zero-order valence-corrected chi connectivity index (χ0v) is 13.1. The van der Waals surface area contributed by atoms with Gasteiger partial charge in [0.25, 0.3) is 5.91 Å². The van der Waals surface area contributed by atoms with E-state index in [2.05, 4.69) is 5.32 Å². The fourth-order valence-electron chi connectivity index (χ4n) is 1.77. The quantitative estimate of drug-likeness (QED) is 0.848. The van der Waals surface area contributed by atoms with Crippen molar-refractivity contribution in [1.29, 1.82) is 0 Å². The van der Waals surface area contributed by atoms with E-state index in [1.54, 1.807) is 18.2 Å². The maximum atomic E-state index is 12.2. The van der Waals surface area contributed by atoms with Crippen LogP contribution in [0.5, 0.6) is 0 Å². The Bertz CT molecular complexity index is 483. The van der Waals surface area contributed by atoms with Crippen LogP contribution in [0.4, 0.5) is 0 Å². The number of esters is 1. The van der Waals surface area contributed by atoms with Crippen LogP contribution in [0.25, 0.3) is 0 Å². The lowest BCUT2D eigenvalue weighted by atomic mass is 10.0. The van der Waals surface area contributed by atoms with E-state index in [4.69, 9.17) is 27.9 Å². The molecule has 0 radical (unpaired) electrons. The zero-order valence-electron chi connectivity index (χ0n) is 11.6. The molecular weight excluding hydrogens is 301 g/mol. The minimum Gasteiger partial charge on any atom is -0.467 e. The van der Waals surface area contributed by atoms with Crippen LogP contribution in [-0.4, -0.2) is 25.0 Å². The topological polar surface area (TPSA) is 55.4 Å². The van der Waals surface area contributed by atoms with Gasteiger partial charge in [-0.15, -0.1) is 0 Å². The first-order chi connectivity index (χ1) is 9.36. The summed E-state index contributed by atoms with van der Waals surface area (Å²) >= 11 is 11.9. The summed E-state index contributed by atoms with van der Waals surface area (Å²) in [4.78, 5) is 23.9. The Kier molecular flexibility index (Phi) is 6.30. The lowest BCUT2D eigenvalue weighted by molar-refractivity contribution is -0.143. The third-order valence-electron chi connectivity index (χ3n) is 2.69. The molecule has 1 rings (SSSR count). The highest BCUT2D eigenvalue weighted by Gasteiger charge is 2.25. The van der Waals surface area contributed by atoms with Crippen molar-refractivity contribution in [3.05, 3.63) is 33.8 Å². The Morgan fingerprint density at radius 2 is 1.80 bits per heavy atom. The van der Waals surface area contributed by atoms with Crippen molar-refractivity contribution in [3.8, 4) is 0 Å². The number of hydrogen-bond acceptors (Lipinski definition) is 3. The van der Waals surface area contributed by atoms with Gasteiger partial charge in [0.15, 0.2) is 0 Å². The average Bonchev–Trinajstić information content (AvgIpc) is 2.36. The molecule has 20 heavy (non-hydrogen) atoms. The summed E-state index contributed by atoms with van der Waals surface area (Å²) in [5.74, 6) is -0.756. The van der Waals surface area contributed by atoms with E-state index < -0.39 is 17.9 Å². The lowest BCUT2D eigenvalue weighted by Crippen LogP contribution is -2.42. The van der Waals surface area contributed by atoms with Crippen LogP contribution >= 0.6 is 23.2 Å². The van der Waals surface area contributed by atoms with E-state index in [1.165, 1.54) is 7.11 Å². The fourth-order valence-corrected chi connectivity index (χ4v) is 2.34. The molecule has 0 saturated carbocycles. The minimum atomic E-state index is -0.722. The molecule has 0 aliphatic heterocycles. The number of nitrogens with one attached hydrogen (secondary N) is 1. The average molecular weight is 318 g/mol. The number of rotatable bonds is 5. The fraction of sp³-hybridized carbons (Fsp3) is 0.429. The van der Waals surface area contributed by atoms with Crippen LogP contribution in [0, 0.1) is 5.92 Å². The molecule has 1 aromatic rings. The van der Waals surface area contributed by atoms with Crippen LogP contribution in [0.3, 0.4) is 0 Å². The molecule has 0 aliphatic carbocycles. The predicted molar refractivity (Wildman–Crippen MR) is 79.2 cm³/mol. The normalized spacial score (nSPS) is 12.1. The number of halogens is 2. The van der Waals surface area contributed by atoms with E-state index in [9.17, 15) is 9.59 Å². The number of methoxy groups -OCH3 is 1. The van der Waals surface area contributed by atoms with Crippen molar-refractivity contribution in [2.24, 2.45) is 5.92 Å². The third-order valence-corrected chi connectivity index (χ3v) is 3.32. The Balaban J connectivity index is 2.93. The van der Waals surface area contributed by atoms with Gasteiger partial charge in [-0.1, -0.05) is 43.1 Å². The molecule has 0 aromatic heterocycles. The molecule has 1 N–H and O–H groups in total. The molecule has 0 fully saturated rings. The standard InChI is InChI=1S/C14H17Cl2NO3/c1-8(2)7-11(14(19)20-3)17-13(18)12-9(15)5-4-6-10(12)16/h4-6,8,11H,7H2,1-3H3,(H,17,18). The zero-order chi connectivity index (χ0) is 15.3. The van der Waals surface area contributed by atoms with Gasteiger partial charge in [-0.05, 0) is 24.5 Å². The molecule has 1 unspecified atom stereocenters. The summed E-state index contributed by atoms with van der Waals surface area (Å²) in [6.45, 7) is 3.90. The summed E-state index contributed by atoms with van der Waals surface area (Å²) in [6, 6.07) is 4.06. The molecule has 110 valence electrons. The molecule has 1 atom stereocenters. The van der Waals surface area contributed by atoms with Crippen LogP contribution in [0.2, 0.25) is 10.0 Å². The Morgan fingerprint density at radius 3 is 2.25 bits per heavy atom. The van der Waals surface area contributed by atoms with Crippen LogP contribution in [-0.2, 0) is 9.53 Å². The highest BCUT2D eigenvalue weighted by atomic mass is 35.5. The maximum absolute atomic E-state index is 12.2. The molecule has 1 aromatic carbocycles. The van der Waals surface area contributed by atoms with Gasteiger partial charge in [-0.2, -0.15) is 0 Å². The lowest BCUT2D eigenvalue weighted by Gasteiger charge is -2.19.